The first-order valence-electron chi connectivity index (χ1n) is 13.7. The van der Waals surface area contributed by atoms with E-state index in [9.17, 15) is 50.8 Å². The number of ether oxygens (including phenoxy) is 6. The molecular formula is C28H34O16. The maximum atomic E-state index is 12.9. The molecule has 3 aliphatic rings. The molecule has 16 nitrogen and oxygen atoms in total. The molecule has 2 fully saturated rings. The second-order valence-electron chi connectivity index (χ2n) is 10.8. The number of aliphatic hydroxyl groups excluding tert-OH is 6. The molecule has 5 rings (SSSR count). The van der Waals surface area contributed by atoms with E-state index in [0.717, 1.165) is 6.07 Å². The summed E-state index contributed by atoms with van der Waals surface area (Å²) in [4.78, 5) is 12.9. The molecule has 242 valence electrons. The van der Waals surface area contributed by atoms with Crippen molar-refractivity contribution < 1.29 is 79.2 Å². The Bertz CT molecular complexity index is 1370. The molecule has 0 bridgehead atoms. The van der Waals surface area contributed by atoms with Crippen LogP contribution in [0.5, 0.6) is 34.5 Å². The molecule has 0 aromatic heterocycles. The van der Waals surface area contributed by atoms with E-state index < -0.39 is 103 Å². The Hall–Kier alpha value is -3.45. The van der Waals surface area contributed by atoms with Gasteiger partial charge >= 0.3 is 0 Å². The second-order valence-corrected chi connectivity index (χ2v) is 10.8. The van der Waals surface area contributed by atoms with Crippen LogP contribution in [0.25, 0.3) is 0 Å². The minimum Gasteiger partial charge on any atom is -0.507 e. The molecule has 3 heterocycles. The van der Waals surface area contributed by atoms with E-state index in [1.807, 2.05) is 0 Å². The Morgan fingerprint density at radius 3 is 2.18 bits per heavy atom. The summed E-state index contributed by atoms with van der Waals surface area (Å²) in [6.07, 6.45) is -16.9. The number of hydrogen-bond donors (Lipinski definition) is 9. The van der Waals surface area contributed by atoms with E-state index in [2.05, 4.69) is 0 Å². The van der Waals surface area contributed by atoms with Crippen LogP contribution in [-0.2, 0) is 14.2 Å². The summed E-state index contributed by atoms with van der Waals surface area (Å²) in [7, 11) is 1.36. The number of aliphatic hydroxyl groups is 6. The number of methoxy groups -OCH3 is 1. The smallest absolute Gasteiger partial charge is 0.229 e. The molecule has 2 saturated heterocycles. The van der Waals surface area contributed by atoms with Crippen molar-refractivity contribution in [1.29, 1.82) is 0 Å². The third-order valence-electron chi connectivity index (χ3n) is 7.83. The first-order chi connectivity index (χ1) is 20.8. The molecule has 0 aliphatic carbocycles. The van der Waals surface area contributed by atoms with Gasteiger partial charge in [-0.3, -0.25) is 4.79 Å². The Kier molecular flexibility index (Phi) is 9.08. The number of hydrogen-bond acceptors (Lipinski definition) is 16. The molecule has 11 atom stereocenters. The van der Waals surface area contributed by atoms with Gasteiger partial charge in [0.1, 0.15) is 60.1 Å². The van der Waals surface area contributed by atoms with Gasteiger partial charge in [-0.25, -0.2) is 0 Å². The molecule has 0 saturated carbocycles. The van der Waals surface area contributed by atoms with Crippen LogP contribution in [0.1, 0.15) is 35.4 Å². The number of phenols is 3. The summed E-state index contributed by atoms with van der Waals surface area (Å²) < 4.78 is 32.8. The number of fused-ring (bicyclic) bond motifs is 1. The zero-order valence-corrected chi connectivity index (χ0v) is 23.5. The maximum Gasteiger partial charge on any atom is 0.229 e. The highest BCUT2D eigenvalue weighted by molar-refractivity contribution is 6.03. The number of Topliss-reactive ketones (excluding diaryl/α,β-unsaturated/α-hetero) is 1. The molecule has 16 heteroatoms. The Morgan fingerprint density at radius 1 is 0.818 bits per heavy atom. The van der Waals surface area contributed by atoms with E-state index >= 15 is 0 Å². The van der Waals surface area contributed by atoms with Gasteiger partial charge < -0.3 is 74.4 Å². The fraction of sp³-hybridized carbons (Fsp3) is 0.536. The summed E-state index contributed by atoms with van der Waals surface area (Å²) in [6.45, 7) is 0.879. The molecule has 2 aromatic rings. The van der Waals surface area contributed by atoms with E-state index in [1.54, 1.807) is 6.07 Å². The lowest BCUT2D eigenvalue weighted by Gasteiger charge is -2.42. The SMILES string of the molecule is COc1ccc([C@@H]2CC(=O)c3c(O)cc(O[C@@H]4O[C@H](CO[C@@H]5O[C@@H](C)[C@H](O)[C@@H](O)[C@H]5O)[C@@H](O)[C@H](O)[C@H]4O)c(O)c3O2)cc1O. The number of carbonyl (C=O) groups excluding carboxylic acids is 1. The molecule has 44 heavy (non-hydrogen) atoms. The fourth-order valence-corrected chi connectivity index (χ4v) is 5.25. The zero-order valence-electron chi connectivity index (χ0n) is 23.5. The van der Waals surface area contributed by atoms with Crippen LogP contribution < -0.4 is 14.2 Å². The average Bonchev–Trinajstić information content (AvgIpc) is 2.99. The van der Waals surface area contributed by atoms with Gasteiger partial charge in [0.15, 0.2) is 35.1 Å². The first kappa shape index (κ1) is 32.0. The number of ketones is 1. The first-order valence-corrected chi connectivity index (χ1v) is 13.7. The molecule has 0 spiro atoms. The monoisotopic (exact) mass is 626 g/mol. The van der Waals surface area contributed by atoms with Crippen molar-refractivity contribution in [2.24, 2.45) is 0 Å². The third kappa shape index (κ3) is 5.83. The highest BCUT2D eigenvalue weighted by Crippen LogP contribution is 2.50. The van der Waals surface area contributed by atoms with Crippen LogP contribution >= 0.6 is 0 Å². The summed E-state index contributed by atoms with van der Waals surface area (Å²) in [5, 5.41) is 93.3. The fourth-order valence-electron chi connectivity index (χ4n) is 5.25. The van der Waals surface area contributed by atoms with E-state index in [0.29, 0.717) is 5.56 Å². The highest BCUT2D eigenvalue weighted by atomic mass is 16.7. The molecule has 2 aromatic carbocycles. The number of phenolic OH excluding ortho intramolecular Hbond substituents is 3. The third-order valence-corrected chi connectivity index (χ3v) is 7.83. The van der Waals surface area contributed by atoms with Crippen LogP contribution in [-0.4, -0.2) is 127 Å². The summed E-state index contributed by atoms with van der Waals surface area (Å²) in [6, 6.07) is 5.20. The summed E-state index contributed by atoms with van der Waals surface area (Å²) >= 11 is 0. The molecular weight excluding hydrogens is 592 g/mol. The maximum absolute atomic E-state index is 12.9. The van der Waals surface area contributed by atoms with Crippen LogP contribution in [0.15, 0.2) is 24.3 Å². The molecule has 0 radical (unpaired) electrons. The normalized spacial score (nSPS) is 35.5. The van der Waals surface area contributed by atoms with Crippen LogP contribution in [0, 0.1) is 0 Å². The second kappa shape index (κ2) is 12.5. The van der Waals surface area contributed by atoms with Crippen LogP contribution in [0.2, 0.25) is 0 Å². The van der Waals surface area contributed by atoms with Crippen molar-refractivity contribution >= 4 is 5.78 Å². The molecule has 0 amide bonds. The van der Waals surface area contributed by atoms with Gasteiger partial charge in [-0.2, -0.15) is 0 Å². The van der Waals surface area contributed by atoms with Crippen molar-refractivity contribution in [2.75, 3.05) is 13.7 Å². The van der Waals surface area contributed by atoms with Gasteiger partial charge in [0.05, 0.1) is 26.2 Å². The lowest BCUT2D eigenvalue weighted by molar-refractivity contribution is -0.318. The minimum absolute atomic E-state index is 0.183. The van der Waals surface area contributed by atoms with Crippen molar-refractivity contribution in [3.8, 4) is 34.5 Å². The van der Waals surface area contributed by atoms with Crippen molar-refractivity contribution in [3.63, 3.8) is 0 Å². The topological polar surface area (TPSA) is 255 Å². The van der Waals surface area contributed by atoms with Crippen molar-refractivity contribution in [2.45, 2.75) is 80.9 Å². The van der Waals surface area contributed by atoms with Crippen molar-refractivity contribution in [1.82, 2.24) is 0 Å². The van der Waals surface area contributed by atoms with Gasteiger partial charge in [-0.15, -0.1) is 0 Å². The quantitative estimate of drug-likeness (QED) is 0.159. The summed E-state index contributed by atoms with van der Waals surface area (Å²) in [5.41, 5.74) is 0.0326. The van der Waals surface area contributed by atoms with Gasteiger partial charge in [0.25, 0.3) is 0 Å². The molecule has 0 unspecified atom stereocenters. The van der Waals surface area contributed by atoms with E-state index in [-0.39, 0.29) is 23.5 Å². The Labute approximate surface area is 249 Å². The van der Waals surface area contributed by atoms with Crippen LogP contribution in [0.3, 0.4) is 0 Å². The molecule has 9 N–H and O–H groups in total. The molecule has 3 aliphatic heterocycles. The lowest BCUT2D eigenvalue weighted by atomic mass is 9.94. The lowest BCUT2D eigenvalue weighted by Crippen LogP contribution is -2.61. The predicted molar refractivity (Wildman–Crippen MR) is 142 cm³/mol. The minimum atomic E-state index is -1.88. The number of carbonyl (C=O) groups is 1. The van der Waals surface area contributed by atoms with Gasteiger partial charge in [0, 0.05) is 6.07 Å². The van der Waals surface area contributed by atoms with Crippen LogP contribution in [0.4, 0.5) is 0 Å². The Morgan fingerprint density at radius 2 is 1.50 bits per heavy atom. The van der Waals surface area contributed by atoms with Gasteiger partial charge in [0.2, 0.25) is 12.0 Å². The Balaban J connectivity index is 1.34. The number of aromatic hydroxyl groups is 3. The van der Waals surface area contributed by atoms with E-state index in [1.165, 1.54) is 26.2 Å². The number of rotatable bonds is 7. The van der Waals surface area contributed by atoms with Crippen molar-refractivity contribution in [3.05, 3.63) is 35.4 Å². The summed E-state index contributed by atoms with van der Waals surface area (Å²) in [5.74, 6) is -2.96. The number of benzene rings is 2. The predicted octanol–water partition coefficient (Wildman–Crippen LogP) is -1.45. The largest absolute Gasteiger partial charge is 0.507 e. The van der Waals surface area contributed by atoms with Gasteiger partial charge in [-0.05, 0) is 24.6 Å². The highest BCUT2D eigenvalue weighted by Gasteiger charge is 2.48. The average molecular weight is 627 g/mol. The van der Waals surface area contributed by atoms with E-state index in [4.69, 9.17) is 28.4 Å². The zero-order chi connectivity index (χ0) is 32.0. The van der Waals surface area contributed by atoms with Gasteiger partial charge in [-0.1, -0.05) is 6.07 Å². The standard InChI is InChI=1S/C28H34O16/c1-9-19(32)22(35)24(37)27(41-9)40-8-17-20(33)23(36)25(38)28(44-17)43-16-7-13(31)18-12(30)6-15(42-26(18)21(16)34)10-3-4-14(39-2)11(29)5-10/h3-5,7,9,15,17,19-20,22-25,27-29,31-38H,6,8H2,1-2H3/t9-,15-,17+,19-,20+,22+,23-,24+,25+,27+,28+/m0/s1.